The minimum atomic E-state index is -0.275. The van der Waals surface area contributed by atoms with Gasteiger partial charge in [-0.2, -0.15) is 0 Å². The second-order valence-electron chi connectivity index (χ2n) is 5.80. The number of aryl methyl sites for hydroxylation is 2. The Morgan fingerprint density at radius 3 is 2.77 bits per heavy atom. The molecule has 0 radical (unpaired) electrons. The van der Waals surface area contributed by atoms with Crippen LogP contribution >= 0.6 is 0 Å². The summed E-state index contributed by atoms with van der Waals surface area (Å²) >= 11 is 0. The summed E-state index contributed by atoms with van der Waals surface area (Å²) in [5.41, 5.74) is 4.89. The van der Waals surface area contributed by atoms with Gasteiger partial charge in [-0.15, -0.1) is 0 Å². The van der Waals surface area contributed by atoms with Crippen molar-refractivity contribution in [2.45, 2.75) is 31.8 Å². The van der Waals surface area contributed by atoms with Crippen molar-refractivity contribution in [2.24, 2.45) is 0 Å². The number of ether oxygens (including phenoxy) is 1. The van der Waals surface area contributed by atoms with Gasteiger partial charge in [-0.25, -0.2) is 0 Å². The van der Waals surface area contributed by atoms with Gasteiger partial charge >= 0.3 is 0 Å². The molecule has 1 aliphatic rings. The second-order valence-corrected chi connectivity index (χ2v) is 5.80. The van der Waals surface area contributed by atoms with Gasteiger partial charge in [0.25, 0.3) is 0 Å². The summed E-state index contributed by atoms with van der Waals surface area (Å²) in [4.78, 5) is 0. The van der Waals surface area contributed by atoms with E-state index in [0.717, 1.165) is 37.0 Å². The summed E-state index contributed by atoms with van der Waals surface area (Å²) in [6, 6.07) is 14.6. The van der Waals surface area contributed by atoms with Gasteiger partial charge in [0, 0.05) is 0 Å². The third-order valence-corrected chi connectivity index (χ3v) is 4.29. The van der Waals surface area contributed by atoms with Crippen molar-refractivity contribution in [3.63, 3.8) is 0 Å². The number of benzene rings is 2. The van der Waals surface area contributed by atoms with E-state index in [4.69, 9.17) is 4.74 Å². The van der Waals surface area contributed by atoms with Crippen LogP contribution in [0.15, 0.2) is 48.5 Å². The fraction of sp³-hybridized carbons (Fsp3) is 0.300. The smallest absolute Gasteiger partial charge is 0.118 e. The first-order valence-corrected chi connectivity index (χ1v) is 7.86. The Bertz CT molecular complexity index is 656. The number of aliphatic hydroxyl groups is 1. The molecule has 0 saturated heterocycles. The van der Waals surface area contributed by atoms with Crippen LogP contribution in [0.5, 0.6) is 5.75 Å². The molecule has 0 amide bonds. The molecule has 1 atom stereocenters. The van der Waals surface area contributed by atoms with Crippen LogP contribution < -0.4 is 4.74 Å². The molecule has 0 spiro atoms. The van der Waals surface area contributed by atoms with Crippen LogP contribution in [0.1, 0.15) is 41.2 Å². The van der Waals surface area contributed by atoms with Gasteiger partial charge in [-0.05, 0) is 66.1 Å². The van der Waals surface area contributed by atoms with Gasteiger partial charge in [0.05, 0.1) is 13.2 Å². The number of hydrogen-bond acceptors (Lipinski definition) is 2. The molecule has 0 fully saturated rings. The summed E-state index contributed by atoms with van der Waals surface area (Å²) in [5.74, 6) is 0.899. The lowest BCUT2D eigenvalue weighted by atomic mass is 10.0. The Kier molecular flexibility index (Phi) is 4.59. The molecule has 1 aliphatic carbocycles. The van der Waals surface area contributed by atoms with E-state index in [0.29, 0.717) is 0 Å². The molecule has 2 nitrogen and oxygen atoms in total. The van der Waals surface area contributed by atoms with Crippen LogP contribution in [0, 0.1) is 0 Å². The lowest BCUT2D eigenvalue weighted by Gasteiger charge is -2.05. The Hall–Kier alpha value is -2.06. The minimum absolute atomic E-state index is 0.275. The van der Waals surface area contributed by atoms with Crippen LogP contribution in [0.3, 0.4) is 0 Å². The number of rotatable bonds is 5. The van der Waals surface area contributed by atoms with Crippen LogP contribution in [-0.4, -0.2) is 12.2 Å². The van der Waals surface area contributed by atoms with Crippen molar-refractivity contribution >= 4 is 6.08 Å². The van der Waals surface area contributed by atoms with Crippen LogP contribution in [-0.2, 0) is 12.8 Å². The molecular formula is C20H22O2. The average Bonchev–Trinajstić information content (AvgIpc) is 2.93. The second kappa shape index (κ2) is 6.80. The van der Waals surface area contributed by atoms with Gasteiger partial charge in [-0.1, -0.05) is 36.4 Å². The van der Waals surface area contributed by atoms with Crippen molar-refractivity contribution in [3.8, 4) is 5.75 Å². The van der Waals surface area contributed by atoms with Crippen LogP contribution in [0.4, 0.5) is 0 Å². The first-order valence-electron chi connectivity index (χ1n) is 7.86. The molecule has 3 rings (SSSR count). The Labute approximate surface area is 132 Å². The van der Waals surface area contributed by atoms with Crippen molar-refractivity contribution in [1.82, 2.24) is 0 Å². The van der Waals surface area contributed by atoms with Crippen molar-refractivity contribution in [2.75, 3.05) is 7.11 Å². The van der Waals surface area contributed by atoms with Crippen molar-refractivity contribution in [1.29, 1.82) is 0 Å². The molecular weight excluding hydrogens is 272 g/mol. The molecule has 0 aromatic heterocycles. The maximum atomic E-state index is 9.93. The number of fused-ring (bicyclic) bond motifs is 1. The molecule has 0 bridgehead atoms. The lowest BCUT2D eigenvalue weighted by Crippen LogP contribution is -1.90. The number of aliphatic hydroxyl groups excluding tert-OH is 1. The largest absolute Gasteiger partial charge is 0.497 e. The van der Waals surface area contributed by atoms with Gasteiger partial charge in [0.2, 0.25) is 0 Å². The highest BCUT2D eigenvalue weighted by Crippen LogP contribution is 2.31. The van der Waals surface area contributed by atoms with E-state index in [-0.39, 0.29) is 6.10 Å². The zero-order valence-corrected chi connectivity index (χ0v) is 13.0. The van der Waals surface area contributed by atoms with E-state index < -0.39 is 0 Å². The Morgan fingerprint density at radius 1 is 1.18 bits per heavy atom. The normalized spacial score (nSPS) is 16.9. The van der Waals surface area contributed by atoms with Crippen LogP contribution in [0.25, 0.3) is 6.08 Å². The number of allylic oxidation sites excluding steroid dienone is 1. The van der Waals surface area contributed by atoms with E-state index in [2.05, 4.69) is 42.5 Å². The Balaban J connectivity index is 1.57. The van der Waals surface area contributed by atoms with Crippen LogP contribution in [0.2, 0.25) is 0 Å². The molecule has 1 unspecified atom stereocenters. The molecule has 22 heavy (non-hydrogen) atoms. The van der Waals surface area contributed by atoms with Gasteiger partial charge in [0.15, 0.2) is 0 Å². The topological polar surface area (TPSA) is 29.5 Å². The third-order valence-electron chi connectivity index (χ3n) is 4.29. The fourth-order valence-electron chi connectivity index (χ4n) is 2.96. The standard InChI is InChI=1S/C20H22O2/c1-22-18-11-7-15(8-12-18)4-2-3-5-16-6-9-17-10-13-20(21)19(17)14-16/h3,5-9,11-12,14,20-21H,2,4,10,13H2,1H3/b5-3+. The number of hydrogen-bond donors (Lipinski definition) is 1. The Morgan fingerprint density at radius 2 is 2.00 bits per heavy atom. The molecule has 2 aromatic carbocycles. The third kappa shape index (κ3) is 3.40. The molecule has 2 aromatic rings. The summed E-state index contributed by atoms with van der Waals surface area (Å²) in [5, 5.41) is 9.93. The zero-order chi connectivity index (χ0) is 15.4. The van der Waals surface area contributed by atoms with Gasteiger partial charge < -0.3 is 9.84 Å². The minimum Gasteiger partial charge on any atom is -0.497 e. The predicted octanol–water partition coefficient (Wildman–Crippen LogP) is 4.32. The van der Waals surface area contributed by atoms with Gasteiger partial charge in [0.1, 0.15) is 5.75 Å². The molecule has 2 heteroatoms. The maximum absolute atomic E-state index is 9.93. The molecule has 114 valence electrons. The van der Waals surface area contributed by atoms with E-state index >= 15 is 0 Å². The highest BCUT2D eigenvalue weighted by molar-refractivity contribution is 5.53. The molecule has 1 N–H and O–H groups in total. The van der Waals surface area contributed by atoms with E-state index in [1.807, 2.05) is 12.1 Å². The van der Waals surface area contributed by atoms with Crippen molar-refractivity contribution < 1.29 is 9.84 Å². The monoisotopic (exact) mass is 294 g/mol. The molecule has 0 saturated carbocycles. The zero-order valence-electron chi connectivity index (χ0n) is 13.0. The summed E-state index contributed by atoms with van der Waals surface area (Å²) < 4.78 is 5.16. The van der Waals surface area contributed by atoms with E-state index in [9.17, 15) is 5.11 Å². The quantitative estimate of drug-likeness (QED) is 0.890. The summed E-state index contributed by atoms with van der Waals surface area (Å²) in [6.45, 7) is 0. The first-order chi connectivity index (χ1) is 10.8. The number of methoxy groups -OCH3 is 1. The maximum Gasteiger partial charge on any atom is 0.118 e. The first kappa shape index (κ1) is 14.9. The molecule has 0 heterocycles. The fourth-order valence-corrected chi connectivity index (χ4v) is 2.96. The molecule has 0 aliphatic heterocycles. The van der Waals surface area contributed by atoms with Gasteiger partial charge in [-0.3, -0.25) is 0 Å². The van der Waals surface area contributed by atoms with Crippen molar-refractivity contribution in [3.05, 3.63) is 70.8 Å². The lowest BCUT2D eigenvalue weighted by molar-refractivity contribution is 0.180. The highest BCUT2D eigenvalue weighted by Gasteiger charge is 2.19. The highest BCUT2D eigenvalue weighted by atomic mass is 16.5. The summed E-state index contributed by atoms with van der Waals surface area (Å²) in [7, 11) is 1.69. The SMILES string of the molecule is COc1ccc(CC/C=C/c2ccc3c(c2)C(O)CC3)cc1. The predicted molar refractivity (Wildman–Crippen MR) is 90.1 cm³/mol. The van der Waals surface area contributed by atoms with E-state index in [1.54, 1.807) is 7.11 Å². The van der Waals surface area contributed by atoms with E-state index in [1.165, 1.54) is 16.7 Å². The average molecular weight is 294 g/mol. The summed E-state index contributed by atoms with van der Waals surface area (Å²) in [6.07, 6.45) is 7.96.